The van der Waals surface area contributed by atoms with Gasteiger partial charge in [0.15, 0.2) is 6.61 Å². The van der Waals surface area contributed by atoms with Crippen molar-refractivity contribution in [1.29, 1.82) is 0 Å². The highest BCUT2D eigenvalue weighted by Gasteiger charge is 2.09. The van der Waals surface area contributed by atoms with Gasteiger partial charge in [0.25, 0.3) is 11.8 Å². The Morgan fingerprint density at radius 3 is 2.26 bits per heavy atom. The van der Waals surface area contributed by atoms with E-state index in [4.69, 9.17) is 39.5 Å². The standard InChI is InChI=1S/C22H16Cl3N3O3/c23-15-3-6-17(7-4-15)27-21(29)13-31-18-8-1-14(2-9-18)12-26-28-22(30)19-10-5-16(24)11-20(19)25/h1-12H,13H2,(H,27,29)(H,28,30)/b26-12-. The van der Waals surface area contributed by atoms with Gasteiger partial charge in [0.2, 0.25) is 0 Å². The van der Waals surface area contributed by atoms with Crippen LogP contribution in [-0.2, 0) is 4.79 Å². The Morgan fingerprint density at radius 1 is 0.903 bits per heavy atom. The average molecular weight is 477 g/mol. The molecular weight excluding hydrogens is 461 g/mol. The molecule has 0 aliphatic rings. The van der Waals surface area contributed by atoms with Gasteiger partial charge in [-0.1, -0.05) is 34.8 Å². The molecule has 3 aromatic rings. The maximum Gasteiger partial charge on any atom is 0.272 e. The second-order valence-corrected chi connectivity index (χ2v) is 7.52. The maximum absolute atomic E-state index is 12.1. The Bertz CT molecular complexity index is 1100. The van der Waals surface area contributed by atoms with Crippen molar-refractivity contribution in [3.05, 3.63) is 92.9 Å². The van der Waals surface area contributed by atoms with Crippen molar-refractivity contribution in [3.8, 4) is 5.75 Å². The van der Waals surface area contributed by atoms with Crippen LogP contribution in [0.15, 0.2) is 71.8 Å². The monoisotopic (exact) mass is 475 g/mol. The zero-order valence-electron chi connectivity index (χ0n) is 15.9. The highest BCUT2D eigenvalue weighted by molar-refractivity contribution is 6.36. The van der Waals surface area contributed by atoms with Crippen LogP contribution in [0.4, 0.5) is 5.69 Å². The van der Waals surface area contributed by atoms with Gasteiger partial charge in [0.05, 0.1) is 16.8 Å². The van der Waals surface area contributed by atoms with Crippen LogP contribution in [0.2, 0.25) is 15.1 Å². The Balaban J connectivity index is 1.47. The van der Waals surface area contributed by atoms with Gasteiger partial charge in [-0.2, -0.15) is 5.10 Å². The number of hydrogen-bond donors (Lipinski definition) is 2. The molecule has 6 nitrogen and oxygen atoms in total. The number of hydrazone groups is 1. The Hall–Kier alpha value is -3.06. The van der Waals surface area contributed by atoms with Crippen molar-refractivity contribution >= 4 is 58.5 Å². The summed E-state index contributed by atoms with van der Waals surface area (Å²) in [5, 5.41) is 7.88. The third kappa shape index (κ3) is 7.00. The fourth-order valence-electron chi connectivity index (χ4n) is 2.43. The van der Waals surface area contributed by atoms with E-state index in [1.54, 1.807) is 54.6 Å². The number of amides is 2. The maximum atomic E-state index is 12.1. The molecule has 0 saturated heterocycles. The largest absolute Gasteiger partial charge is 0.484 e. The minimum absolute atomic E-state index is 0.145. The molecule has 0 saturated carbocycles. The van der Waals surface area contributed by atoms with E-state index in [9.17, 15) is 9.59 Å². The van der Waals surface area contributed by atoms with Crippen molar-refractivity contribution in [3.63, 3.8) is 0 Å². The summed E-state index contributed by atoms with van der Waals surface area (Å²) in [6, 6.07) is 18.2. The van der Waals surface area contributed by atoms with Crippen LogP contribution < -0.4 is 15.5 Å². The van der Waals surface area contributed by atoms with Crippen LogP contribution in [0.1, 0.15) is 15.9 Å². The van der Waals surface area contributed by atoms with Gasteiger partial charge >= 0.3 is 0 Å². The summed E-state index contributed by atoms with van der Waals surface area (Å²) in [5.41, 5.74) is 4.02. The van der Waals surface area contributed by atoms with Crippen LogP contribution in [-0.4, -0.2) is 24.6 Å². The molecule has 0 aliphatic carbocycles. The van der Waals surface area contributed by atoms with Crippen LogP contribution >= 0.6 is 34.8 Å². The van der Waals surface area contributed by atoms with E-state index >= 15 is 0 Å². The van der Waals surface area contributed by atoms with Crippen LogP contribution in [0.5, 0.6) is 5.75 Å². The number of rotatable bonds is 7. The summed E-state index contributed by atoms with van der Waals surface area (Å²) in [4.78, 5) is 24.1. The van der Waals surface area contributed by atoms with Gasteiger partial charge in [-0.15, -0.1) is 0 Å². The van der Waals surface area contributed by atoms with Crippen molar-refractivity contribution in [2.24, 2.45) is 5.10 Å². The normalized spacial score (nSPS) is 10.7. The Kier molecular flexibility index (Phi) is 7.89. The van der Waals surface area contributed by atoms with E-state index in [-0.39, 0.29) is 23.1 Å². The Labute approximate surface area is 193 Å². The number of carbonyl (C=O) groups is 2. The first kappa shape index (κ1) is 22.6. The van der Waals surface area contributed by atoms with E-state index < -0.39 is 5.91 Å². The van der Waals surface area contributed by atoms with E-state index in [1.165, 1.54) is 18.3 Å². The lowest BCUT2D eigenvalue weighted by atomic mass is 10.2. The second-order valence-electron chi connectivity index (χ2n) is 6.24. The van der Waals surface area contributed by atoms with Gasteiger partial charge < -0.3 is 10.1 Å². The quantitative estimate of drug-likeness (QED) is 0.352. The molecule has 0 heterocycles. The first-order valence-electron chi connectivity index (χ1n) is 8.97. The molecule has 0 aromatic heterocycles. The summed E-state index contributed by atoms with van der Waals surface area (Å²) in [7, 11) is 0. The van der Waals surface area contributed by atoms with Crippen molar-refractivity contribution < 1.29 is 14.3 Å². The third-order valence-electron chi connectivity index (χ3n) is 3.93. The molecule has 9 heteroatoms. The van der Waals surface area contributed by atoms with Crippen molar-refractivity contribution in [2.75, 3.05) is 11.9 Å². The molecule has 31 heavy (non-hydrogen) atoms. The molecule has 0 bridgehead atoms. The molecule has 0 atom stereocenters. The third-order valence-corrected chi connectivity index (χ3v) is 4.73. The number of halogens is 3. The summed E-state index contributed by atoms with van der Waals surface area (Å²) < 4.78 is 5.46. The van der Waals surface area contributed by atoms with E-state index in [2.05, 4.69) is 15.8 Å². The summed E-state index contributed by atoms with van der Waals surface area (Å²) in [6.45, 7) is -0.145. The van der Waals surface area contributed by atoms with E-state index in [0.717, 1.165) is 5.56 Å². The fraction of sp³-hybridized carbons (Fsp3) is 0.0455. The van der Waals surface area contributed by atoms with Crippen molar-refractivity contribution in [2.45, 2.75) is 0 Å². The van der Waals surface area contributed by atoms with Crippen molar-refractivity contribution in [1.82, 2.24) is 5.43 Å². The molecule has 0 unspecified atom stereocenters. The first-order chi connectivity index (χ1) is 14.9. The minimum Gasteiger partial charge on any atom is -0.484 e. The lowest BCUT2D eigenvalue weighted by Gasteiger charge is -2.08. The molecule has 2 N–H and O–H groups in total. The lowest BCUT2D eigenvalue weighted by Crippen LogP contribution is -2.20. The van der Waals surface area contributed by atoms with Crippen LogP contribution in [0.3, 0.4) is 0 Å². The highest BCUT2D eigenvalue weighted by atomic mass is 35.5. The molecule has 3 rings (SSSR count). The number of benzene rings is 3. The highest BCUT2D eigenvalue weighted by Crippen LogP contribution is 2.20. The van der Waals surface area contributed by atoms with Gasteiger partial charge in [-0.05, 0) is 72.3 Å². The molecule has 158 valence electrons. The Morgan fingerprint density at radius 2 is 1.58 bits per heavy atom. The van der Waals surface area contributed by atoms with Crippen LogP contribution in [0, 0.1) is 0 Å². The molecule has 0 fully saturated rings. The summed E-state index contributed by atoms with van der Waals surface area (Å²) in [5.74, 6) is -0.235. The number of anilines is 1. The molecular formula is C22H16Cl3N3O3. The molecule has 0 radical (unpaired) electrons. The molecule has 3 aromatic carbocycles. The topological polar surface area (TPSA) is 79.8 Å². The van der Waals surface area contributed by atoms with E-state index in [1.807, 2.05) is 0 Å². The lowest BCUT2D eigenvalue weighted by molar-refractivity contribution is -0.118. The number of ether oxygens (including phenoxy) is 1. The smallest absolute Gasteiger partial charge is 0.272 e. The molecule has 2 amide bonds. The number of nitrogens with one attached hydrogen (secondary N) is 2. The predicted molar refractivity (Wildman–Crippen MR) is 124 cm³/mol. The number of carbonyl (C=O) groups excluding carboxylic acids is 2. The van der Waals surface area contributed by atoms with E-state index in [0.29, 0.717) is 21.5 Å². The zero-order valence-corrected chi connectivity index (χ0v) is 18.2. The zero-order chi connectivity index (χ0) is 22.2. The average Bonchev–Trinajstić information content (AvgIpc) is 2.75. The number of hydrogen-bond acceptors (Lipinski definition) is 4. The van der Waals surface area contributed by atoms with Gasteiger partial charge in [0.1, 0.15) is 5.75 Å². The SMILES string of the molecule is O=C(COc1ccc(/C=N\NC(=O)c2ccc(Cl)cc2Cl)cc1)Nc1ccc(Cl)cc1. The second kappa shape index (κ2) is 10.8. The van der Waals surface area contributed by atoms with Gasteiger partial charge in [-0.25, -0.2) is 5.43 Å². The first-order valence-corrected chi connectivity index (χ1v) is 10.1. The summed E-state index contributed by atoms with van der Waals surface area (Å²) in [6.07, 6.45) is 1.47. The minimum atomic E-state index is -0.454. The predicted octanol–water partition coefficient (Wildman–Crippen LogP) is 5.43. The molecule has 0 spiro atoms. The van der Waals surface area contributed by atoms with Gasteiger partial charge in [-0.3, -0.25) is 9.59 Å². The van der Waals surface area contributed by atoms with Crippen LogP contribution in [0.25, 0.3) is 0 Å². The molecule has 0 aliphatic heterocycles. The summed E-state index contributed by atoms with van der Waals surface area (Å²) >= 11 is 17.6. The van der Waals surface area contributed by atoms with Gasteiger partial charge in [0, 0.05) is 15.7 Å². The number of nitrogens with zero attached hydrogens (tertiary/aromatic N) is 1. The fourth-order valence-corrected chi connectivity index (χ4v) is 3.05.